The standard InChI is InChI=1S/C22H21N5O6/c28-19(29)8-17-22(33)27(11-20(30)31)10-13-7-12(5-6-14(13)24-17)21(32)23-9-18-25-15-3-1-2-4-16(15)26-18/h1-7,17,24H,8-11H2,(H,23,32)(H,25,26)(H,28,29)(H,30,31)/t17-/m0/s1. The number of aliphatic carboxylic acids is 2. The Morgan fingerprint density at radius 3 is 2.64 bits per heavy atom. The van der Waals surface area contributed by atoms with Crippen LogP contribution in [-0.4, -0.2) is 61.4 Å². The largest absolute Gasteiger partial charge is 0.481 e. The Morgan fingerprint density at radius 2 is 1.91 bits per heavy atom. The lowest BCUT2D eigenvalue weighted by molar-refractivity contribution is -0.146. The van der Waals surface area contributed by atoms with Crippen molar-refractivity contribution in [3.63, 3.8) is 0 Å². The summed E-state index contributed by atoms with van der Waals surface area (Å²) < 4.78 is 0. The van der Waals surface area contributed by atoms with Gasteiger partial charge in [-0.15, -0.1) is 0 Å². The number of carboxylic acids is 2. The third kappa shape index (κ3) is 4.92. The van der Waals surface area contributed by atoms with Crippen LogP contribution < -0.4 is 10.6 Å². The molecular weight excluding hydrogens is 430 g/mol. The zero-order chi connectivity index (χ0) is 23.5. The number of nitrogens with one attached hydrogen (secondary N) is 3. The molecule has 2 heterocycles. The van der Waals surface area contributed by atoms with Gasteiger partial charge in [-0.1, -0.05) is 12.1 Å². The SMILES string of the molecule is O=C(O)C[C@@H]1Nc2ccc(C(=O)NCc3nc4ccccc4[nH]3)cc2CN(CC(=O)O)C1=O. The fraction of sp³-hybridized carbons (Fsp3) is 0.227. The number of rotatable bonds is 7. The van der Waals surface area contributed by atoms with E-state index in [1.165, 1.54) is 0 Å². The molecule has 1 aliphatic heterocycles. The average molecular weight is 451 g/mol. The Bertz CT molecular complexity index is 1220. The maximum atomic E-state index is 12.7. The molecule has 2 aromatic carbocycles. The van der Waals surface area contributed by atoms with Gasteiger partial charge >= 0.3 is 11.9 Å². The summed E-state index contributed by atoms with van der Waals surface area (Å²) in [4.78, 5) is 56.4. The second-order valence-electron chi connectivity index (χ2n) is 7.64. The van der Waals surface area contributed by atoms with E-state index in [-0.39, 0.29) is 19.0 Å². The Morgan fingerprint density at radius 1 is 1.12 bits per heavy atom. The number of aromatic amines is 1. The fourth-order valence-electron chi connectivity index (χ4n) is 3.73. The summed E-state index contributed by atoms with van der Waals surface area (Å²) in [6.07, 6.45) is -0.506. The number of aromatic nitrogens is 2. The van der Waals surface area contributed by atoms with Gasteiger partial charge in [0.25, 0.3) is 5.91 Å². The molecule has 0 saturated carbocycles. The van der Waals surface area contributed by atoms with Crippen molar-refractivity contribution in [2.45, 2.75) is 25.6 Å². The number of para-hydroxylation sites is 2. The van der Waals surface area contributed by atoms with Gasteiger partial charge in [0.05, 0.1) is 24.0 Å². The molecule has 0 spiro atoms. The lowest BCUT2D eigenvalue weighted by atomic mass is 10.1. The van der Waals surface area contributed by atoms with E-state index in [0.717, 1.165) is 15.9 Å². The minimum Gasteiger partial charge on any atom is -0.481 e. The second-order valence-corrected chi connectivity index (χ2v) is 7.64. The fourth-order valence-corrected chi connectivity index (χ4v) is 3.73. The van der Waals surface area contributed by atoms with Gasteiger partial charge in [-0.25, -0.2) is 4.98 Å². The van der Waals surface area contributed by atoms with Crippen LogP contribution in [0.15, 0.2) is 42.5 Å². The van der Waals surface area contributed by atoms with Crippen LogP contribution in [-0.2, 0) is 27.5 Å². The first-order valence-electron chi connectivity index (χ1n) is 10.1. The van der Waals surface area contributed by atoms with Crippen LogP contribution in [0.2, 0.25) is 0 Å². The number of carboxylic acid groups (broad SMARTS) is 2. The minimum atomic E-state index is -1.22. The molecule has 11 heteroatoms. The molecule has 11 nitrogen and oxygen atoms in total. The summed E-state index contributed by atoms with van der Waals surface area (Å²) in [5, 5.41) is 23.9. The predicted octanol–water partition coefficient (Wildman–Crippen LogP) is 1.17. The first kappa shape index (κ1) is 21.8. The van der Waals surface area contributed by atoms with E-state index in [1.807, 2.05) is 24.3 Å². The number of carbonyl (C=O) groups excluding carboxylic acids is 2. The lowest BCUT2D eigenvalue weighted by Gasteiger charge is -2.22. The molecule has 2 amide bonds. The van der Waals surface area contributed by atoms with Crippen molar-refractivity contribution in [1.29, 1.82) is 0 Å². The highest BCUT2D eigenvalue weighted by Gasteiger charge is 2.32. The van der Waals surface area contributed by atoms with Crippen molar-refractivity contribution in [1.82, 2.24) is 20.2 Å². The Labute approximate surface area is 187 Å². The number of benzene rings is 2. The molecule has 1 atom stereocenters. The zero-order valence-corrected chi connectivity index (χ0v) is 17.4. The molecule has 0 unspecified atom stereocenters. The van der Waals surface area contributed by atoms with Crippen molar-refractivity contribution in [3.8, 4) is 0 Å². The topological polar surface area (TPSA) is 165 Å². The van der Waals surface area contributed by atoms with E-state index >= 15 is 0 Å². The van der Waals surface area contributed by atoms with Crippen LogP contribution in [0.25, 0.3) is 11.0 Å². The monoisotopic (exact) mass is 451 g/mol. The highest BCUT2D eigenvalue weighted by Crippen LogP contribution is 2.25. The molecule has 1 aromatic heterocycles. The molecule has 170 valence electrons. The van der Waals surface area contributed by atoms with Gasteiger partial charge in [-0.05, 0) is 35.9 Å². The van der Waals surface area contributed by atoms with Gasteiger partial charge < -0.3 is 30.7 Å². The van der Waals surface area contributed by atoms with Crippen LogP contribution in [0, 0.1) is 0 Å². The summed E-state index contributed by atoms with van der Waals surface area (Å²) in [7, 11) is 0. The molecule has 4 rings (SSSR count). The number of hydrogen-bond donors (Lipinski definition) is 5. The molecule has 5 N–H and O–H groups in total. The third-order valence-electron chi connectivity index (χ3n) is 5.23. The van der Waals surface area contributed by atoms with Crippen molar-refractivity contribution >= 4 is 40.5 Å². The van der Waals surface area contributed by atoms with Crippen LogP contribution in [0.4, 0.5) is 5.69 Å². The summed E-state index contributed by atoms with van der Waals surface area (Å²) in [6, 6.07) is 11.1. The van der Waals surface area contributed by atoms with E-state index in [9.17, 15) is 19.2 Å². The highest BCUT2D eigenvalue weighted by atomic mass is 16.4. The maximum absolute atomic E-state index is 12.7. The molecule has 3 aromatic rings. The number of carbonyl (C=O) groups is 4. The Kier molecular flexibility index (Phi) is 5.94. The smallest absolute Gasteiger partial charge is 0.323 e. The number of imidazole rings is 1. The quantitative estimate of drug-likeness (QED) is 0.357. The number of amides is 2. The number of hydrogen-bond acceptors (Lipinski definition) is 6. The van der Waals surface area contributed by atoms with Crippen molar-refractivity contribution in [2.75, 3.05) is 11.9 Å². The number of anilines is 1. The maximum Gasteiger partial charge on any atom is 0.323 e. The van der Waals surface area contributed by atoms with E-state index in [0.29, 0.717) is 22.6 Å². The summed E-state index contributed by atoms with van der Waals surface area (Å²) in [6.45, 7) is -0.486. The van der Waals surface area contributed by atoms with E-state index in [2.05, 4.69) is 20.6 Å². The first-order valence-corrected chi connectivity index (χ1v) is 10.1. The average Bonchev–Trinajstić information content (AvgIpc) is 3.14. The predicted molar refractivity (Wildman–Crippen MR) is 116 cm³/mol. The van der Waals surface area contributed by atoms with Gasteiger partial charge in [-0.3, -0.25) is 19.2 Å². The van der Waals surface area contributed by atoms with E-state index in [1.54, 1.807) is 18.2 Å². The van der Waals surface area contributed by atoms with Crippen molar-refractivity contribution < 1.29 is 29.4 Å². The Balaban J connectivity index is 1.53. The minimum absolute atomic E-state index is 0.0751. The zero-order valence-electron chi connectivity index (χ0n) is 17.4. The lowest BCUT2D eigenvalue weighted by Crippen LogP contribution is -2.43. The molecule has 0 aliphatic carbocycles. The van der Waals surface area contributed by atoms with E-state index in [4.69, 9.17) is 10.2 Å². The summed E-state index contributed by atoms with van der Waals surface area (Å²) >= 11 is 0. The van der Waals surface area contributed by atoms with Gasteiger partial charge in [0.15, 0.2) is 0 Å². The third-order valence-corrected chi connectivity index (χ3v) is 5.23. The molecular formula is C22H21N5O6. The molecule has 0 radical (unpaired) electrons. The molecule has 0 bridgehead atoms. The summed E-state index contributed by atoms with van der Waals surface area (Å²) in [5.41, 5.74) is 2.94. The molecule has 1 aliphatic rings. The number of nitrogens with zero attached hydrogens (tertiary/aromatic N) is 2. The Hall–Kier alpha value is -4.41. The van der Waals surface area contributed by atoms with Gasteiger partial charge in [0.2, 0.25) is 5.91 Å². The molecule has 33 heavy (non-hydrogen) atoms. The molecule has 0 saturated heterocycles. The van der Waals surface area contributed by atoms with Gasteiger partial charge in [-0.2, -0.15) is 0 Å². The normalized spacial score (nSPS) is 15.5. The summed E-state index contributed by atoms with van der Waals surface area (Å²) in [5.74, 6) is -2.83. The van der Waals surface area contributed by atoms with Crippen LogP contribution in [0.1, 0.15) is 28.2 Å². The van der Waals surface area contributed by atoms with Crippen molar-refractivity contribution in [2.24, 2.45) is 0 Å². The highest BCUT2D eigenvalue weighted by molar-refractivity contribution is 5.96. The van der Waals surface area contributed by atoms with Crippen LogP contribution in [0.3, 0.4) is 0 Å². The molecule has 0 fully saturated rings. The van der Waals surface area contributed by atoms with E-state index < -0.39 is 36.9 Å². The van der Waals surface area contributed by atoms with Crippen molar-refractivity contribution in [3.05, 3.63) is 59.4 Å². The first-order chi connectivity index (χ1) is 15.8. The number of fused-ring (bicyclic) bond motifs is 2. The second kappa shape index (κ2) is 8.99. The van der Waals surface area contributed by atoms with Crippen LogP contribution >= 0.6 is 0 Å². The van der Waals surface area contributed by atoms with Gasteiger partial charge in [0, 0.05) is 17.8 Å². The van der Waals surface area contributed by atoms with Gasteiger partial charge in [0.1, 0.15) is 18.4 Å². The number of H-pyrrole nitrogens is 1. The van der Waals surface area contributed by atoms with Crippen LogP contribution in [0.5, 0.6) is 0 Å².